The predicted molar refractivity (Wildman–Crippen MR) is 55.2 cm³/mol. The van der Waals surface area contributed by atoms with Crippen molar-refractivity contribution >= 4 is 0 Å². The Hall–Kier alpha value is -0.340. The number of hydrogen-bond donors (Lipinski definition) is 2. The molecule has 0 aromatic heterocycles. The molecule has 2 aliphatic carbocycles. The molecule has 2 nitrogen and oxygen atoms in total. The van der Waals surface area contributed by atoms with Gasteiger partial charge in [0.05, 0.1) is 0 Å². The van der Waals surface area contributed by atoms with E-state index < -0.39 is 0 Å². The average molecular weight is 180 g/mol. The third-order valence-electron chi connectivity index (χ3n) is 3.66. The molecule has 2 unspecified atom stereocenters. The predicted octanol–water partition coefficient (Wildman–Crippen LogP) is 1.41. The van der Waals surface area contributed by atoms with Crippen LogP contribution >= 0.6 is 0 Å². The first-order valence-corrected chi connectivity index (χ1v) is 5.48. The van der Waals surface area contributed by atoms with Gasteiger partial charge < -0.3 is 11.5 Å². The van der Waals surface area contributed by atoms with Gasteiger partial charge in [-0.15, -0.1) is 0 Å². The molecule has 0 radical (unpaired) electrons. The summed E-state index contributed by atoms with van der Waals surface area (Å²) in [5, 5.41) is 0. The van der Waals surface area contributed by atoms with Crippen LogP contribution in [0.2, 0.25) is 0 Å². The molecule has 0 aliphatic heterocycles. The van der Waals surface area contributed by atoms with Crippen molar-refractivity contribution in [2.45, 2.75) is 32.1 Å². The van der Waals surface area contributed by atoms with Gasteiger partial charge >= 0.3 is 0 Å². The highest BCUT2D eigenvalue weighted by Gasteiger charge is 2.37. The molecule has 2 rings (SSSR count). The van der Waals surface area contributed by atoms with Crippen molar-refractivity contribution in [1.29, 1.82) is 0 Å². The lowest BCUT2D eigenvalue weighted by molar-refractivity contribution is 0.606. The van der Waals surface area contributed by atoms with Crippen LogP contribution in [0, 0.1) is 11.8 Å². The molecule has 0 aromatic rings. The maximum Gasteiger partial charge on any atom is -0.00397 e. The summed E-state index contributed by atoms with van der Waals surface area (Å²) in [6.45, 7) is 1.62. The van der Waals surface area contributed by atoms with Crippen LogP contribution in [0.1, 0.15) is 32.1 Å². The Labute approximate surface area is 80.4 Å². The Morgan fingerprint density at radius 1 is 0.923 bits per heavy atom. The molecule has 0 spiro atoms. The fourth-order valence-corrected chi connectivity index (χ4v) is 3.18. The lowest BCUT2D eigenvalue weighted by Crippen LogP contribution is -2.11. The van der Waals surface area contributed by atoms with Gasteiger partial charge in [0.1, 0.15) is 0 Å². The van der Waals surface area contributed by atoms with E-state index >= 15 is 0 Å². The van der Waals surface area contributed by atoms with E-state index in [1.54, 1.807) is 11.1 Å². The number of rotatable bonds is 4. The summed E-state index contributed by atoms with van der Waals surface area (Å²) in [4.78, 5) is 0. The van der Waals surface area contributed by atoms with E-state index in [0.29, 0.717) is 0 Å². The van der Waals surface area contributed by atoms with Gasteiger partial charge in [-0.05, 0) is 57.0 Å². The van der Waals surface area contributed by atoms with Crippen LogP contribution in [0.4, 0.5) is 0 Å². The van der Waals surface area contributed by atoms with E-state index in [9.17, 15) is 0 Å². The second kappa shape index (κ2) is 3.81. The van der Waals surface area contributed by atoms with Gasteiger partial charge in [0.15, 0.2) is 0 Å². The Morgan fingerprint density at radius 3 is 1.77 bits per heavy atom. The monoisotopic (exact) mass is 180 g/mol. The van der Waals surface area contributed by atoms with E-state index in [2.05, 4.69) is 0 Å². The van der Waals surface area contributed by atoms with Crippen molar-refractivity contribution in [3.05, 3.63) is 11.1 Å². The highest BCUT2D eigenvalue weighted by Crippen LogP contribution is 2.50. The summed E-state index contributed by atoms with van der Waals surface area (Å²) < 4.78 is 0. The van der Waals surface area contributed by atoms with Gasteiger partial charge in [0, 0.05) is 0 Å². The van der Waals surface area contributed by atoms with Crippen molar-refractivity contribution in [2.24, 2.45) is 23.3 Å². The first-order valence-electron chi connectivity index (χ1n) is 5.48. The standard InChI is InChI=1S/C11H20N2/c12-5-3-10-8-1-2-9(7-8)11(10)4-6-13/h8-9H,1-7,12-13H2. The molecule has 2 atom stereocenters. The SMILES string of the molecule is NCCC1=C(CCN)C2CCC1C2. The molecule has 4 N–H and O–H groups in total. The summed E-state index contributed by atoms with van der Waals surface area (Å²) in [6, 6.07) is 0. The van der Waals surface area contributed by atoms with Crippen LogP contribution in [-0.4, -0.2) is 13.1 Å². The zero-order chi connectivity index (χ0) is 9.26. The molecule has 74 valence electrons. The third kappa shape index (κ3) is 1.53. The van der Waals surface area contributed by atoms with Crippen molar-refractivity contribution in [3.8, 4) is 0 Å². The third-order valence-corrected chi connectivity index (χ3v) is 3.66. The Kier molecular flexibility index (Phi) is 2.70. The van der Waals surface area contributed by atoms with Crippen molar-refractivity contribution in [1.82, 2.24) is 0 Å². The molecule has 0 amide bonds. The zero-order valence-corrected chi connectivity index (χ0v) is 8.26. The molecule has 0 aromatic carbocycles. The molecule has 1 saturated carbocycles. The second-order valence-electron chi connectivity index (χ2n) is 4.33. The molecule has 0 saturated heterocycles. The lowest BCUT2D eigenvalue weighted by Gasteiger charge is -2.19. The zero-order valence-electron chi connectivity index (χ0n) is 8.26. The number of fused-ring (bicyclic) bond motifs is 2. The van der Waals surface area contributed by atoms with Crippen LogP contribution in [-0.2, 0) is 0 Å². The van der Waals surface area contributed by atoms with Gasteiger partial charge in [-0.3, -0.25) is 0 Å². The summed E-state index contributed by atoms with van der Waals surface area (Å²) in [5.74, 6) is 1.77. The summed E-state index contributed by atoms with van der Waals surface area (Å²) in [5.41, 5.74) is 14.6. The second-order valence-corrected chi connectivity index (χ2v) is 4.33. The highest BCUT2D eigenvalue weighted by molar-refractivity contribution is 5.29. The fourth-order valence-electron chi connectivity index (χ4n) is 3.18. The summed E-state index contributed by atoms with van der Waals surface area (Å²) in [6.07, 6.45) is 6.47. The molecule has 2 aliphatic rings. The highest BCUT2D eigenvalue weighted by atomic mass is 14.6. The van der Waals surface area contributed by atoms with Crippen LogP contribution in [0.3, 0.4) is 0 Å². The van der Waals surface area contributed by atoms with Crippen LogP contribution in [0.15, 0.2) is 11.1 Å². The van der Waals surface area contributed by atoms with Crippen LogP contribution < -0.4 is 11.5 Å². The van der Waals surface area contributed by atoms with Gasteiger partial charge in [-0.2, -0.15) is 0 Å². The molecular formula is C11H20N2. The largest absolute Gasteiger partial charge is 0.330 e. The lowest BCUT2D eigenvalue weighted by atomic mass is 9.88. The molecule has 1 fully saturated rings. The summed E-state index contributed by atoms with van der Waals surface area (Å²) >= 11 is 0. The van der Waals surface area contributed by atoms with E-state index in [4.69, 9.17) is 11.5 Å². The van der Waals surface area contributed by atoms with Gasteiger partial charge in [-0.1, -0.05) is 11.1 Å². The maximum atomic E-state index is 5.63. The Balaban J connectivity index is 2.14. The molecular weight excluding hydrogens is 160 g/mol. The van der Waals surface area contributed by atoms with Crippen molar-refractivity contribution in [2.75, 3.05) is 13.1 Å². The minimum absolute atomic E-state index is 0.812. The first kappa shape index (κ1) is 9.22. The molecule has 0 heterocycles. The maximum absolute atomic E-state index is 5.63. The smallest absolute Gasteiger partial charge is 0.00397 e. The summed E-state index contributed by atoms with van der Waals surface area (Å²) in [7, 11) is 0. The van der Waals surface area contributed by atoms with Crippen LogP contribution in [0.25, 0.3) is 0 Å². The van der Waals surface area contributed by atoms with Gasteiger partial charge in [0.2, 0.25) is 0 Å². The number of hydrogen-bond acceptors (Lipinski definition) is 2. The van der Waals surface area contributed by atoms with Gasteiger partial charge in [-0.25, -0.2) is 0 Å². The topological polar surface area (TPSA) is 52.0 Å². The van der Waals surface area contributed by atoms with Crippen molar-refractivity contribution in [3.63, 3.8) is 0 Å². The van der Waals surface area contributed by atoms with E-state index in [1.165, 1.54) is 19.3 Å². The number of nitrogens with two attached hydrogens (primary N) is 2. The Morgan fingerprint density at radius 2 is 1.38 bits per heavy atom. The average Bonchev–Trinajstić information content (AvgIpc) is 2.69. The molecule has 13 heavy (non-hydrogen) atoms. The van der Waals surface area contributed by atoms with Crippen molar-refractivity contribution < 1.29 is 0 Å². The van der Waals surface area contributed by atoms with E-state index in [0.717, 1.165) is 37.8 Å². The minimum atomic E-state index is 0.812. The minimum Gasteiger partial charge on any atom is -0.330 e. The molecule has 2 bridgehead atoms. The Bertz CT molecular complexity index is 198. The van der Waals surface area contributed by atoms with E-state index in [1.807, 2.05) is 0 Å². The first-order chi connectivity index (χ1) is 6.36. The molecule has 2 heteroatoms. The van der Waals surface area contributed by atoms with Gasteiger partial charge in [0.25, 0.3) is 0 Å². The fraction of sp³-hybridized carbons (Fsp3) is 0.818. The normalized spacial score (nSPS) is 31.8. The quantitative estimate of drug-likeness (QED) is 0.643. The van der Waals surface area contributed by atoms with Crippen LogP contribution in [0.5, 0.6) is 0 Å². The van der Waals surface area contributed by atoms with E-state index in [-0.39, 0.29) is 0 Å².